The third kappa shape index (κ3) is 2.02. The summed E-state index contributed by atoms with van der Waals surface area (Å²) in [6, 6.07) is 17.4. The number of esters is 1. The molecule has 132 valence electrons. The van der Waals surface area contributed by atoms with E-state index in [4.69, 9.17) is 14.2 Å². The van der Waals surface area contributed by atoms with Gasteiger partial charge in [0.15, 0.2) is 5.60 Å². The molecule has 2 aliphatic rings. The molecule has 0 aliphatic carbocycles. The predicted octanol–water partition coefficient (Wildman–Crippen LogP) is 4.48. The molecular weight excluding hydrogens is 344 g/mol. The normalized spacial score (nSPS) is 18.7. The van der Waals surface area contributed by atoms with E-state index in [0.717, 1.165) is 5.56 Å². The average Bonchev–Trinajstić information content (AvgIpc) is 2.95. The van der Waals surface area contributed by atoms with Crippen molar-refractivity contribution in [1.82, 2.24) is 0 Å². The monoisotopic (exact) mass is 358 g/mol. The molecule has 3 aromatic rings. The van der Waals surface area contributed by atoms with Crippen LogP contribution in [-0.4, -0.2) is 11.1 Å². The number of phenolic OH excluding ortho intramolecular Hbond substituents is 1. The zero-order chi connectivity index (χ0) is 18.6. The number of hydrogen-bond donors (Lipinski definition) is 1. The topological polar surface area (TPSA) is 65.0 Å². The Labute approximate surface area is 155 Å². The van der Waals surface area contributed by atoms with E-state index in [1.807, 2.05) is 18.2 Å². The molecule has 0 saturated carbocycles. The van der Waals surface area contributed by atoms with Crippen LogP contribution in [0.1, 0.15) is 27.0 Å². The predicted molar refractivity (Wildman–Crippen MR) is 97.2 cm³/mol. The highest BCUT2D eigenvalue weighted by molar-refractivity contribution is 5.97. The van der Waals surface area contributed by atoms with Crippen LogP contribution in [0.3, 0.4) is 0 Å². The molecule has 0 bridgehead atoms. The highest BCUT2D eigenvalue weighted by atomic mass is 16.6. The summed E-state index contributed by atoms with van der Waals surface area (Å²) in [4.78, 5) is 12.6. The van der Waals surface area contributed by atoms with Crippen LogP contribution in [0.4, 0.5) is 0 Å². The van der Waals surface area contributed by atoms with Crippen molar-refractivity contribution in [3.05, 3.63) is 95.8 Å². The van der Waals surface area contributed by atoms with E-state index in [2.05, 4.69) is 6.58 Å². The number of ether oxygens (including phenoxy) is 3. The first-order valence-electron chi connectivity index (χ1n) is 8.40. The van der Waals surface area contributed by atoms with Crippen LogP contribution < -0.4 is 9.47 Å². The minimum atomic E-state index is -1.14. The summed E-state index contributed by atoms with van der Waals surface area (Å²) >= 11 is 0. The first kappa shape index (κ1) is 15.5. The maximum Gasteiger partial charge on any atom is 0.340 e. The fourth-order valence-electron chi connectivity index (χ4n) is 3.81. The minimum absolute atomic E-state index is 0.0588. The van der Waals surface area contributed by atoms with Gasteiger partial charge in [0.05, 0.1) is 11.8 Å². The Bertz CT molecular complexity index is 1120. The number of carbonyl (C=O) groups excluding carboxylic acids is 1. The lowest BCUT2D eigenvalue weighted by molar-refractivity contribution is 0.0224. The van der Waals surface area contributed by atoms with Gasteiger partial charge in [0.1, 0.15) is 23.0 Å². The van der Waals surface area contributed by atoms with Gasteiger partial charge >= 0.3 is 5.97 Å². The molecule has 1 atom stereocenters. The van der Waals surface area contributed by atoms with Gasteiger partial charge in [-0.05, 0) is 30.3 Å². The zero-order valence-corrected chi connectivity index (χ0v) is 14.1. The van der Waals surface area contributed by atoms with E-state index in [9.17, 15) is 9.90 Å². The maximum atomic E-state index is 12.6. The number of aromatic hydroxyl groups is 1. The van der Waals surface area contributed by atoms with E-state index in [-0.39, 0.29) is 5.75 Å². The quantitative estimate of drug-likeness (QED) is 0.540. The standard InChI is InChI=1S/C22H14O5/c1-2-25-14-8-10-18-20(12-14)26-19-11-13(23)7-9-17(19)22(18)16-6-4-3-5-15(16)21(24)27-22/h2-12,23H,1H2. The summed E-state index contributed by atoms with van der Waals surface area (Å²) in [5, 5.41) is 9.93. The molecular formula is C22H14O5. The fraction of sp³-hybridized carbons (Fsp3) is 0.0455. The van der Waals surface area contributed by atoms with Crippen molar-refractivity contribution in [2.75, 3.05) is 0 Å². The first-order valence-corrected chi connectivity index (χ1v) is 8.40. The van der Waals surface area contributed by atoms with Gasteiger partial charge < -0.3 is 19.3 Å². The Morgan fingerprint density at radius 3 is 2.52 bits per heavy atom. The number of phenols is 1. The molecule has 0 fully saturated rings. The molecule has 5 nitrogen and oxygen atoms in total. The molecule has 0 aromatic heterocycles. The number of benzene rings is 3. The summed E-state index contributed by atoms with van der Waals surface area (Å²) in [7, 11) is 0. The van der Waals surface area contributed by atoms with Crippen LogP contribution >= 0.6 is 0 Å². The summed E-state index contributed by atoms with van der Waals surface area (Å²) in [6.07, 6.45) is 1.32. The molecule has 0 radical (unpaired) electrons. The third-order valence-corrected chi connectivity index (χ3v) is 4.89. The van der Waals surface area contributed by atoms with Gasteiger partial charge in [-0.25, -0.2) is 4.79 Å². The van der Waals surface area contributed by atoms with Crippen molar-refractivity contribution in [2.24, 2.45) is 0 Å². The SMILES string of the molecule is C=COc1ccc2c(c1)Oc1cc(O)ccc1C21OC(=O)c2ccccc21. The van der Waals surface area contributed by atoms with E-state index >= 15 is 0 Å². The Morgan fingerprint density at radius 2 is 1.70 bits per heavy atom. The van der Waals surface area contributed by atoms with Crippen molar-refractivity contribution in [1.29, 1.82) is 0 Å². The Kier molecular flexibility index (Phi) is 3.09. The molecule has 1 unspecified atom stereocenters. The lowest BCUT2D eigenvalue weighted by Crippen LogP contribution is -2.32. The van der Waals surface area contributed by atoms with Crippen LogP contribution in [0.2, 0.25) is 0 Å². The second kappa shape index (κ2) is 5.38. The van der Waals surface area contributed by atoms with Crippen LogP contribution in [0.15, 0.2) is 73.5 Å². The van der Waals surface area contributed by atoms with Crippen molar-refractivity contribution in [3.8, 4) is 23.0 Å². The largest absolute Gasteiger partial charge is 0.508 e. The Hall–Kier alpha value is -3.73. The molecule has 0 amide bonds. The number of rotatable bonds is 2. The van der Waals surface area contributed by atoms with Crippen molar-refractivity contribution < 1.29 is 24.1 Å². The van der Waals surface area contributed by atoms with E-state index < -0.39 is 11.6 Å². The smallest absolute Gasteiger partial charge is 0.340 e. The van der Waals surface area contributed by atoms with Gasteiger partial charge in [0.25, 0.3) is 0 Å². The van der Waals surface area contributed by atoms with Crippen LogP contribution in [0, 0.1) is 0 Å². The molecule has 3 aromatic carbocycles. The number of fused-ring (bicyclic) bond motifs is 6. The van der Waals surface area contributed by atoms with E-state index in [0.29, 0.717) is 33.9 Å². The lowest BCUT2D eigenvalue weighted by Gasteiger charge is -2.36. The molecule has 0 saturated heterocycles. The van der Waals surface area contributed by atoms with Gasteiger partial charge in [-0.3, -0.25) is 0 Å². The van der Waals surface area contributed by atoms with E-state index in [1.54, 1.807) is 36.4 Å². The molecule has 27 heavy (non-hydrogen) atoms. The number of carbonyl (C=O) groups is 1. The van der Waals surface area contributed by atoms with Gasteiger partial charge in [-0.1, -0.05) is 24.8 Å². The average molecular weight is 358 g/mol. The van der Waals surface area contributed by atoms with Gasteiger partial charge in [-0.2, -0.15) is 0 Å². The lowest BCUT2D eigenvalue weighted by atomic mass is 9.77. The zero-order valence-electron chi connectivity index (χ0n) is 14.1. The second-order valence-electron chi connectivity index (χ2n) is 6.34. The fourth-order valence-corrected chi connectivity index (χ4v) is 3.81. The van der Waals surface area contributed by atoms with Crippen molar-refractivity contribution in [3.63, 3.8) is 0 Å². The molecule has 1 spiro atoms. The van der Waals surface area contributed by atoms with E-state index in [1.165, 1.54) is 12.3 Å². The summed E-state index contributed by atoms with van der Waals surface area (Å²) in [6.45, 7) is 3.56. The van der Waals surface area contributed by atoms with Crippen LogP contribution in [-0.2, 0) is 10.3 Å². The molecule has 2 heterocycles. The number of hydrogen-bond acceptors (Lipinski definition) is 5. The third-order valence-electron chi connectivity index (χ3n) is 4.89. The second-order valence-corrected chi connectivity index (χ2v) is 6.34. The molecule has 5 heteroatoms. The highest BCUT2D eigenvalue weighted by Crippen LogP contribution is 2.56. The van der Waals surface area contributed by atoms with Gasteiger partial charge in [0, 0.05) is 28.8 Å². The van der Waals surface area contributed by atoms with Crippen LogP contribution in [0.5, 0.6) is 23.0 Å². The summed E-state index contributed by atoms with van der Waals surface area (Å²) in [5.41, 5.74) is 1.45. The van der Waals surface area contributed by atoms with Crippen LogP contribution in [0.25, 0.3) is 0 Å². The van der Waals surface area contributed by atoms with Crippen molar-refractivity contribution in [2.45, 2.75) is 5.60 Å². The first-order chi connectivity index (χ1) is 13.1. The van der Waals surface area contributed by atoms with Gasteiger partial charge in [-0.15, -0.1) is 0 Å². The Morgan fingerprint density at radius 1 is 0.963 bits per heavy atom. The highest BCUT2D eigenvalue weighted by Gasteiger charge is 2.53. The summed E-state index contributed by atoms with van der Waals surface area (Å²) < 4.78 is 17.4. The maximum absolute atomic E-state index is 12.6. The minimum Gasteiger partial charge on any atom is -0.508 e. The summed E-state index contributed by atoms with van der Waals surface area (Å²) in [5.74, 6) is 1.10. The molecule has 1 N–H and O–H groups in total. The van der Waals surface area contributed by atoms with Crippen molar-refractivity contribution >= 4 is 5.97 Å². The molecule has 5 rings (SSSR count). The Balaban J connectivity index is 1.85. The molecule has 2 aliphatic heterocycles. The van der Waals surface area contributed by atoms with Gasteiger partial charge in [0.2, 0.25) is 0 Å².